The number of carbonyl (C=O) groups is 1. The first-order valence-corrected chi connectivity index (χ1v) is 5.46. The minimum absolute atomic E-state index is 0.00597. The van der Waals surface area contributed by atoms with E-state index in [0.717, 1.165) is 0 Å². The van der Waals surface area contributed by atoms with E-state index in [1.54, 1.807) is 19.9 Å². The van der Waals surface area contributed by atoms with E-state index in [1.165, 1.54) is 18.2 Å². The minimum Gasteiger partial charge on any atom is -0.387 e. The lowest BCUT2D eigenvalue weighted by molar-refractivity contribution is 0.249. The molecule has 1 aromatic rings. The smallest absolute Gasteiger partial charge is 0.319 e. The third kappa shape index (κ3) is 4.04. The Hall–Kier alpha value is -2.11. The average Bonchev–Trinajstić information content (AvgIpc) is 2.26. The Morgan fingerprint density at radius 1 is 1.50 bits per heavy atom. The number of nitrogens with one attached hydrogen (secondary N) is 3. The normalized spacial score (nSPS) is 10.8. The van der Waals surface area contributed by atoms with E-state index < -0.39 is 17.3 Å². The van der Waals surface area contributed by atoms with Gasteiger partial charge in [0.2, 0.25) is 0 Å². The zero-order valence-electron chi connectivity index (χ0n) is 10.4. The molecule has 0 saturated heterocycles. The van der Waals surface area contributed by atoms with Crippen molar-refractivity contribution < 1.29 is 9.18 Å². The standard InChI is InChI=1S/C12H17FN4O/c1-12(2,10(14)15)7-16-11(18)17-9-5-3-4-8(13)6-9/h3-6H,7H2,1-2H3,(H3,14,15)(H2,16,17,18). The fraction of sp³-hybridized carbons (Fsp3) is 0.333. The first-order chi connectivity index (χ1) is 8.31. The maximum absolute atomic E-state index is 12.9. The number of anilines is 1. The average molecular weight is 252 g/mol. The highest BCUT2D eigenvalue weighted by atomic mass is 19.1. The summed E-state index contributed by atoms with van der Waals surface area (Å²) >= 11 is 0. The van der Waals surface area contributed by atoms with Crippen LogP contribution in [0.5, 0.6) is 0 Å². The molecule has 0 aromatic heterocycles. The summed E-state index contributed by atoms with van der Waals surface area (Å²) in [5.41, 5.74) is 5.15. The number of urea groups is 1. The highest BCUT2D eigenvalue weighted by Gasteiger charge is 2.22. The van der Waals surface area contributed by atoms with Gasteiger partial charge in [-0.1, -0.05) is 19.9 Å². The molecule has 5 nitrogen and oxygen atoms in total. The molecule has 0 aliphatic heterocycles. The van der Waals surface area contributed by atoms with Gasteiger partial charge < -0.3 is 16.4 Å². The number of carbonyl (C=O) groups excluding carboxylic acids is 1. The molecule has 2 amide bonds. The molecule has 0 aliphatic carbocycles. The van der Waals surface area contributed by atoms with Crippen LogP contribution in [0.3, 0.4) is 0 Å². The Kier molecular flexibility index (Phi) is 4.25. The lowest BCUT2D eigenvalue weighted by atomic mass is 9.92. The Morgan fingerprint density at radius 3 is 2.72 bits per heavy atom. The maximum Gasteiger partial charge on any atom is 0.319 e. The van der Waals surface area contributed by atoms with E-state index in [-0.39, 0.29) is 12.4 Å². The van der Waals surface area contributed by atoms with Crippen LogP contribution in [0, 0.1) is 16.6 Å². The van der Waals surface area contributed by atoms with Crippen LogP contribution >= 0.6 is 0 Å². The van der Waals surface area contributed by atoms with Crippen molar-refractivity contribution in [1.82, 2.24) is 5.32 Å². The number of benzene rings is 1. The van der Waals surface area contributed by atoms with Crippen LogP contribution in [0.15, 0.2) is 24.3 Å². The molecular weight excluding hydrogens is 235 g/mol. The van der Waals surface area contributed by atoms with Crippen molar-refractivity contribution >= 4 is 17.6 Å². The molecule has 98 valence electrons. The van der Waals surface area contributed by atoms with Crippen LogP contribution in [-0.4, -0.2) is 18.4 Å². The van der Waals surface area contributed by atoms with Gasteiger partial charge in [0.1, 0.15) is 5.82 Å². The van der Waals surface area contributed by atoms with E-state index in [0.29, 0.717) is 5.69 Å². The molecule has 0 unspecified atom stereocenters. The number of hydrogen-bond acceptors (Lipinski definition) is 2. The molecule has 1 aromatic carbocycles. The molecule has 0 spiro atoms. The van der Waals surface area contributed by atoms with Gasteiger partial charge in [0, 0.05) is 17.6 Å². The van der Waals surface area contributed by atoms with Crippen LogP contribution in [0.25, 0.3) is 0 Å². The summed E-state index contributed by atoms with van der Waals surface area (Å²) in [4.78, 5) is 11.5. The van der Waals surface area contributed by atoms with Gasteiger partial charge in [0.05, 0.1) is 5.84 Å². The lowest BCUT2D eigenvalue weighted by Gasteiger charge is -2.23. The van der Waals surface area contributed by atoms with Gasteiger partial charge in [-0.25, -0.2) is 9.18 Å². The maximum atomic E-state index is 12.9. The van der Waals surface area contributed by atoms with Crippen molar-refractivity contribution in [1.29, 1.82) is 5.41 Å². The van der Waals surface area contributed by atoms with E-state index >= 15 is 0 Å². The third-order valence-electron chi connectivity index (χ3n) is 2.50. The highest BCUT2D eigenvalue weighted by Crippen LogP contribution is 2.13. The topological polar surface area (TPSA) is 91.0 Å². The molecule has 5 N–H and O–H groups in total. The van der Waals surface area contributed by atoms with E-state index in [1.807, 2.05) is 0 Å². The van der Waals surface area contributed by atoms with Crippen molar-refractivity contribution in [2.75, 3.05) is 11.9 Å². The SMILES string of the molecule is CC(C)(CNC(=O)Nc1cccc(F)c1)C(=N)N. The molecule has 1 rings (SSSR count). The highest BCUT2D eigenvalue weighted by molar-refractivity contribution is 5.90. The van der Waals surface area contributed by atoms with Gasteiger partial charge in [-0.15, -0.1) is 0 Å². The summed E-state index contributed by atoms with van der Waals surface area (Å²) in [5, 5.41) is 12.4. The third-order valence-corrected chi connectivity index (χ3v) is 2.50. The predicted octanol–water partition coefficient (Wildman–Crippen LogP) is 1.91. The van der Waals surface area contributed by atoms with Crippen molar-refractivity contribution in [3.63, 3.8) is 0 Å². The number of amidine groups is 1. The van der Waals surface area contributed by atoms with Crippen molar-refractivity contribution in [3.05, 3.63) is 30.1 Å². The molecule has 0 atom stereocenters. The Balaban J connectivity index is 2.50. The predicted molar refractivity (Wildman–Crippen MR) is 69.1 cm³/mol. The number of amides is 2. The van der Waals surface area contributed by atoms with Gasteiger partial charge >= 0.3 is 6.03 Å². The van der Waals surface area contributed by atoms with Gasteiger partial charge in [-0.2, -0.15) is 0 Å². The zero-order chi connectivity index (χ0) is 13.8. The van der Waals surface area contributed by atoms with Gasteiger partial charge in [-0.05, 0) is 18.2 Å². The molecule has 0 radical (unpaired) electrons. The molecule has 6 heteroatoms. The summed E-state index contributed by atoms with van der Waals surface area (Å²) in [6.07, 6.45) is 0. The molecule has 0 bridgehead atoms. The molecular formula is C12H17FN4O. The fourth-order valence-electron chi connectivity index (χ4n) is 1.14. The Labute approximate surface area is 105 Å². The van der Waals surface area contributed by atoms with E-state index in [9.17, 15) is 9.18 Å². The largest absolute Gasteiger partial charge is 0.387 e. The minimum atomic E-state index is -0.612. The Morgan fingerprint density at radius 2 is 2.17 bits per heavy atom. The summed E-state index contributed by atoms with van der Waals surface area (Å²) < 4.78 is 12.9. The lowest BCUT2D eigenvalue weighted by Crippen LogP contribution is -2.43. The molecule has 0 heterocycles. The first kappa shape index (κ1) is 14.0. The second-order valence-electron chi connectivity index (χ2n) is 4.62. The van der Waals surface area contributed by atoms with Crippen LogP contribution in [0.1, 0.15) is 13.8 Å². The van der Waals surface area contributed by atoms with Crippen molar-refractivity contribution in [2.45, 2.75) is 13.8 Å². The van der Waals surface area contributed by atoms with Gasteiger partial charge in [0.25, 0.3) is 0 Å². The molecule has 0 saturated carbocycles. The van der Waals surface area contributed by atoms with Crippen LogP contribution in [0.2, 0.25) is 0 Å². The summed E-state index contributed by atoms with van der Waals surface area (Å²) in [6, 6.07) is 5.14. The van der Waals surface area contributed by atoms with Gasteiger partial charge in [-0.3, -0.25) is 5.41 Å². The van der Waals surface area contributed by atoms with Crippen molar-refractivity contribution in [2.24, 2.45) is 11.1 Å². The quantitative estimate of drug-likeness (QED) is 0.487. The molecule has 18 heavy (non-hydrogen) atoms. The van der Waals surface area contributed by atoms with Crippen LogP contribution in [0.4, 0.5) is 14.9 Å². The monoisotopic (exact) mass is 252 g/mol. The van der Waals surface area contributed by atoms with Gasteiger partial charge in [0.15, 0.2) is 0 Å². The second-order valence-corrected chi connectivity index (χ2v) is 4.62. The van der Waals surface area contributed by atoms with Crippen molar-refractivity contribution in [3.8, 4) is 0 Å². The van der Waals surface area contributed by atoms with Crippen LogP contribution in [-0.2, 0) is 0 Å². The first-order valence-electron chi connectivity index (χ1n) is 5.46. The van der Waals surface area contributed by atoms with Crippen LogP contribution < -0.4 is 16.4 Å². The number of nitrogens with two attached hydrogens (primary N) is 1. The second kappa shape index (κ2) is 5.48. The van der Waals surface area contributed by atoms with E-state index in [2.05, 4.69) is 10.6 Å². The summed E-state index contributed by atoms with van der Waals surface area (Å²) in [5.74, 6) is -0.426. The number of rotatable bonds is 4. The summed E-state index contributed by atoms with van der Waals surface area (Å²) in [7, 11) is 0. The summed E-state index contributed by atoms with van der Waals surface area (Å²) in [6.45, 7) is 3.72. The van der Waals surface area contributed by atoms with E-state index in [4.69, 9.17) is 11.1 Å². The molecule has 0 fully saturated rings. The number of halogens is 1. The Bertz CT molecular complexity index is 459. The zero-order valence-corrected chi connectivity index (χ0v) is 10.4. The fourth-order valence-corrected chi connectivity index (χ4v) is 1.14. The number of hydrogen-bond donors (Lipinski definition) is 4. The molecule has 0 aliphatic rings.